The van der Waals surface area contributed by atoms with E-state index in [1.807, 2.05) is 54.9 Å². The maximum atomic E-state index is 12.4. The zero-order chi connectivity index (χ0) is 16.1. The van der Waals surface area contributed by atoms with Crippen LogP contribution in [0.3, 0.4) is 0 Å². The van der Waals surface area contributed by atoms with Gasteiger partial charge in [-0.1, -0.05) is 30.3 Å². The van der Waals surface area contributed by atoms with Crippen LogP contribution in [-0.2, 0) is 11.2 Å². The van der Waals surface area contributed by atoms with Crippen LogP contribution in [0.2, 0.25) is 0 Å². The number of nitrogens with zero attached hydrogens (tertiary/aromatic N) is 1. The smallest absolute Gasteiger partial charge is 0.221 e. The van der Waals surface area contributed by atoms with E-state index in [0.717, 1.165) is 21.9 Å². The first-order valence-electron chi connectivity index (χ1n) is 7.50. The maximum Gasteiger partial charge on any atom is 0.221 e. The fraction of sp³-hybridized carbons (Fsp3) is 0.222. The largest absolute Gasteiger partial charge is 0.467 e. The summed E-state index contributed by atoms with van der Waals surface area (Å²) in [5, 5.41) is 3.07. The quantitative estimate of drug-likeness (QED) is 0.748. The highest BCUT2D eigenvalue weighted by atomic mass is 32.1. The highest BCUT2D eigenvalue weighted by Gasteiger charge is 2.19. The van der Waals surface area contributed by atoms with Crippen molar-refractivity contribution < 1.29 is 9.21 Å². The highest BCUT2D eigenvalue weighted by Crippen LogP contribution is 2.23. The van der Waals surface area contributed by atoms with Crippen molar-refractivity contribution in [3.63, 3.8) is 0 Å². The minimum absolute atomic E-state index is 0.00283. The van der Waals surface area contributed by atoms with Gasteiger partial charge in [-0.15, -0.1) is 11.3 Å². The second kappa shape index (κ2) is 7.24. The number of rotatable bonds is 6. The van der Waals surface area contributed by atoms with Gasteiger partial charge >= 0.3 is 0 Å². The van der Waals surface area contributed by atoms with Crippen molar-refractivity contribution in [1.29, 1.82) is 0 Å². The van der Waals surface area contributed by atoms with Gasteiger partial charge in [0.15, 0.2) is 0 Å². The van der Waals surface area contributed by atoms with Gasteiger partial charge in [-0.2, -0.15) is 0 Å². The number of hydrogen-bond acceptors (Lipinski definition) is 4. The average molecular weight is 326 g/mol. The number of nitrogens with one attached hydrogen (secondary N) is 1. The Labute approximate surface area is 139 Å². The summed E-state index contributed by atoms with van der Waals surface area (Å²) in [6.07, 6.45) is 2.77. The van der Waals surface area contributed by atoms with E-state index in [2.05, 4.69) is 10.3 Å². The fourth-order valence-corrected chi connectivity index (χ4v) is 3.23. The van der Waals surface area contributed by atoms with Gasteiger partial charge in [-0.3, -0.25) is 4.79 Å². The molecule has 5 heteroatoms. The molecule has 0 aliphatic carbocycles. The lowest BCUT2D eigenvalue weighted by Crippen LogP contribution is -2.29. The molecular weight excluding hydrogens is 308 g/mol. The molecule has 0 radical (unpaired) electrons. The number of carbonyl (C=O) groups is 1. The summed E-state index contributed by atoms with van der Waals surface area (Å²) in [4.78, 5) is 17.7. The highest BCUT2D eigenvalue weighted by molar-refractivity contribution is 7.09. The van der Waals surface area contributed by atoms with Crippen molar-refractivity contribution in [2.24, 2.45) is 0 Å². The molecule has 0 aliphatic heterocycles. The second-order valence-electron chi connectivity index (χ2n) is 5.29. The number of aryl methyl sites for hydroxylation is 2. The van der Waals surface area contributed by atoms with Crippen LogP contribution in [0.1, 0.15) is 34.4 Å². The number of carbonyl (C=O) groups excluding carboxylic acids is 1. The monoisotopic (exact) mass is 326 g/mol. The van der Waals surface area contributed by atoms with E-state index in [9.17, 15) is 4.79 Å². The number of thiazole rings is 1. The van der Waals surface area contributed by atoms with E-state index < -0.39 is 0 Å². The van der Waals surface area contributed by atoms with Gasteiger partial charge < -0.3 is 9.73 Å². The third-order valence-corrected chi connectivity index (χ3v) is 4.68. The molecule has 3 aromatic rings. The molecule has 0 aliphatic rings. The molecule has 3 rings (SSSR count). The number of furan rings is 1. The van der Waals surface area contributed by atoms with Crippen molar-refractivity contribution >= 4 is 17.2 Å². The molecule has 0 saturated carbocycles. The van der Waals surface area contributed by atoms with E-state index >= 15 is 0 Å². The van der Waals surface area contributed by atoms with Gasteiger partial charge in [-0.05, 0) is 31.0 Å². The second-order valence-corrected chi connectivity index (χ2v) is 6.23. The molecular formula is C18H18N2O2S. The lowest BCUT2D eigenvalue weighted by molar-refractivity contribution is -0.121. The van der Waals surface area contributed by atoms with Crippen molar-refractivity contribution in [3.8, 4) is 0 Å². The first kappa shape index (κ1) is 15.5. The standard InChI is InChI=1S/C18H18N2O2S/c1-13-16(23-12-19-13)9-10-17(21)20-18(15-8-5-11-22-15)14-6-3-2-4-7-14/h2-8,11-12,18H,9-10H2,1H3,(H,20,21). The molecule has 118 valence electrons. The van der Waals surface area contributed by atoms with Crippen LogP contribution in [0.4, 0.5) is 0 Å². The number of amides is 1. The van der Waals surface area contributed by atoms with Crippen molar-refractivity contribution in [2.45, 2.75) is 25.8 Å². The van der Waals surface area contributed by atoms with E-state index in [1.54, 1.807) is 17.6 Å². The van der Waals surface area contributed by atoms with Gasteiger partial charge in [0.25, 0.3) is 0 Å². The zero-order valence-corrected chi connectivity index (χ0v) is 13.7. The van der Waals surface area contributed by atoms with Crippen LogP contribution in [0.15, 0.2) is 58.7 Å². The van der Waals surface area contributed by atoms with Crippen molar-refractivity contribution in [1.82, 2.24) is 10.3 Å². The summed E-state index contributed by atoms with van der Waals surface area (Å²) in [7, 11) is 0. The zero-order valence-electron chi connectivity index (χ0n) is 12.9. The van der Waals surface area contributed by atoms with Crippen molar-refractivity contribution in [3.05, 3.63) is 76.1 Å². The number of aromatic nitrogens is 1. The molecule has 0 fully saturated rings. The predicted octanol–water partition coefficient (Wildman–Crippen LogP) is 3.88. The summed E-state index contributed by atoms with van der Waals surface area (Å²) in [6.45, 7) is 1.97. The summed E-state index contributed by atoms with van der Waals surface area (Å²) in [6, 6.07) is 13.3. The SMILES string of the molecule is Cc1ncsc1CCC(=O)NC(c1ccccc1)c1ccco1. The third-order valence-electron chi connectivity index (χ3n) is 3.69. The van der Waals surface area contributed by atoms with Crippen LogP contribution < -0.4 is 5.32 Å². The molecule has 1 N–H and O–H groups in total. The summed E-state index contributed by atoms with van der Waals surface area (Å²) >= 11 is 1.59. The molecule has 1 aromatic carbocycles. The minimum atomic E-state index is -0.263. The van der Waals surface area contributed by atoms with E-state index in [0.29, 0.717) is 12.8 Å². The Hall–Kier alpha value is -2.40. The molecule has 4 nitrogen and oxygen atoms in total. The van der Waals surface area contributed by atoms with Gasteiger partial charge in [-0.25, -0.2) is 4.98 Å². The molecule has 0 bridgehead atoms. The lowest BCUT2D eigenvalue weighted by atomic mass is 10.0. The Morgan fingerprint density at radius 2 is 2.09 bits per heavy atom. The molecule has 2 heterocycles. The average Bonchev–Trinajstić information content (AvgIpc) is 3.23. The Kier molecular flexibility index (Phi) is 4.88. The normalized spacial score (nSPS) is 12.0. The number of benzene rings is 1. The minimum Gasteiger partial charge on any atom is -0.467 e. The van der Waals surface area contributed by atoms with E-state index in [1.165, 1.54) is 0 Å². The molecule has 0 saturated heterocycles. The van der Waals surface area contributed by atoms with Crippen LogP contribution in [0.25, 0.3) is 0 Å². The maximum absolute atomic E-state index is 12.4. The molecule has 1 amide bonds. The molecule has 23 heavy (non-hydrogen) atoms. The number of hydrogen-bond donors (Lipinski definition) is 1. The van der Waals surface area contributed by atoms with Crippen LogP contribution >= 0.6 is 11.3 Å². The Balaban J connectivity index is 1.69. The third kappa shape index (κ3) is 3.87. The van der Waals surface area contributed by atoms with E-state index in [4.69, 9.17) is 4.42 Å². The Morgan fingerprint density at radius 1 is 1.26 bits per heavy atom. The first-order valence-corrected chi connectivity index (χ1v) is 8.38. The van der Waals surface area contributed by atoms with E-state index in [-0.39, 0.29) is 11.9 Å². The summed E-state index contributed by atoms with van der Waals surface area (Å²) in [5.74, 6) is 0.738. The molecule has 2 aromatic heterocycles. The van der Waals surface area contributed by atoms with Crippen LogP contribution in [-0.4, -0.2) is 10.9 Å². The lowest BCUT2D eigenvalue weighted by Gasteiger charge is -2.17. The van der Waals surface area contributed by atoms with Gasteiger partial charge in [0, 0.05) is 11.3 Å². The molecule has 1 unspecified atom stereocenters. The fourth-order valence-electron chi connectivity index (χ4n) is 2.45. The summed E-state index contributed by atoms with van der Waals surface area (Å²) < 4.78 is 5.50. The van der Waals surface area contributed by atoms with Gasteiger partial charge in [0.1, 0.15) is 11.8 Å². The summed E-state index contributed by atoms with van der Waals surface area (Å²) in [5.41, 5.74) is 3.83. The molecule has 0 spiro atoms. The Morgan fingerprint density at radius 3 is 2.74 bits per heavy atom. The molecule has 1 atom stereocenters. The Bertz CT molecular complexity index is 750. The van der Waals surface area contributed by atoms with Crippen molar-refractivity contribution in [2.75, 3.05) is 0 Å². The first-order chi connectivity index (χ1) is 11.2. The predicted molar refractivity (Wildman–Crippen MR) is 90.3 cm³/mol. The van der Waals surface area contributed by atoms with Gasteiger partial charge in [0.05, 0.1) is 17.5 Å². The van der Waals surface area contributed by atoms with Gasteiger partial charge in [0.2, 0.25) is 5.91 Å². The van der Waals surface area contributed by atoms with Crippen LogP contribution in [0, 0.1) is 6.92 Å². The van der Waals surface area contributed by atoms with Crippen LogP contribution in [0.5, 0.6) is 0 Å². The topological polar surface area (TPSA) is 55.1 Å².